The summed E-state index contributed by atoms with van der Waals surface area (Å²) >= 11 is 0. The van der Waals surface area contributed by atoms with Crippen LogP contribution in [0.5, 0.6) is 5.75 Å². The van der Waals surface area contributed by atoms with Gasteiger partial charge in [0.2, 0.25) is 0 Å². The van der Waals surface area contributed by atoms with Crippen LogP contribution in [0.1, 0.15) is 22.6 Å². The average Bonchev–Trinajstić information content (AvgIpc) is 3.28. The zero-order valence-corrected chi connectivity index (χ0v) is 15.0. The number of esters is 1. The van der Waals surface area contributed by atoms with Crippen LogP contribution in [0.15, 0.2) is 84.0 Å². The molecule has 2 atom stereocenters. The molecule has 0 bridgehead atoms. The van der Waals surface area contributed by atoms with E-state index in [0.717, 1.165) is 5.56 Å². The first-order valence-electron chi connectivity index (χ1n) is 8.99. The van der Waals surface area contributed by atoms with Crippen LogP contribution in [0, 0.1) is 10.1 Å². The first kappa shape index (κ1) is 17.1. The van der Waals surface area contributed by atoms with Crippen LogP contribution in [0.4, 0.5) is 5.69 Å². The van der Waals surface area contributed by atoms with Crippen LogP contribution in [-0.2, 0) is 15.2 Å². The monoisotopic (exact) mass is 386 g/mol. The number of benzene rings is 3. The van der Waals surface area contributed by atoms with E-state index in [-0.39, 0.29) is 5.69 Å². The second-order valence-corrected chi connectivity index (χ2v) is 6.84. The number of rotatable bonds is 3. The summed E-state index contributed by atoms with van der Waals surface area (Å²) < 4.78 is 5.50. The van der Waals surface area contributed by atoms with Crippen LogP contribution in [0.2, 0.25) is 0 Å². The van der Waals surface area contributed by atoms with E-state index < -0.39 is 22.4 Å². The molecule has 0 amide bonds. The predicted molar refractivity (Wildman–Crippen MR) is 104 cm³/mol. The summed E-state index contributed by atoms with van der Waals surface area (Å²) in [5, 5.41) is 15.4. The number of non-ortho nitro benzene ring substituents is 1. The fraction of sp³-hybridized carbons (Fsp3) is 0.0909. The number of nitro benzene ring substituents is 1. The van der Waals surface area contributed by atoms with Crippen molar-refractivity contribution in [3.8, 4) is 5.75 Å². The van der Waals surface area contributed by atoms with Gasteiger partial charge in [-0.25, -0.2) is 4.79 Å². The van der Waals surface area contributed by atoms with E-state index in [1.165, 1.54) is 12.1 Å². The zero-order valence-electron chi connectivity index (χ0n) is 15.0. The van der Waals surface area contributed by atoms with Crippen LogP contribution in [0.3, 0.4) is 0 Å². The van der Waals surface area contributed by atoms with E-state index in [0.29, 0.717) is 22.6 Å². The maximum absolute atomic E-state index is 13.1. The minimum absolute atomic E-state index is 0.0330. The minimum Gasteiger partial charge on any atom is -0.423 e. The summed E-state index contributed by atoms with van der Waals surface area (Å²) in [5.41, 5.74) is 1.11. The van der Waals surface area contributed by atoms with E-state index in [2.05, 4.69) is 5.16 Å². The molecule has 3 aromatic rings. The third-order valence-electron chi connectivity index (χ3n) is 5.27. The summed E-state index contributed by atoms with van der Waals surface area (Å²) in [6.07, 6.45) is 0. The summed E-state index contributed by atoms with van der Waals surface area (Å²) in [6, 6.07) is 22.5. The third kappa shape index (κ3) is 2.44. The molecule has 0 saturated carbocycles. The summed E-state index contributed by atoms with van der Waals surface area (Å²) in [4.78, 5) is 29.5. The Kier molecular flexibility index (Phi) is 3.70. The molecule has 0 saturated heterocycles. The van der Waals surface area contributed by atoms with Crippen molar-refractivity contribution in [1.82, 2.24) is 0 Å². The molecule has 0 radical (unpaired) electrons. The molecule has 7 heteroatoms. The van der Waals surface area contributed by atoms with Gasteiger partial charge in [0.15, 0.2) is 0 Å². The second kappa shape index (κ2) is 6.27. The van der Waals surface area contributed by atoms with Crippen molar-refractivity contribution in [2.45, 2.75) is 11.5 Å². The number of hydrogen-bond acceptors (Lipinski definition) is 6. The molecule has 3 aromatic carbocycles. The standard InChI is InChI=1S/C22H14N2O5/c25-21-22(17-8-4-5-9-18(17)28-21)19(14-10-12-16(13-11-14)24(26)27)20(23-29-22)15-6-2-1-3-7-15/h1-13,19H/t19-,22+/m0/s1. The Bertz CT molecular complexity index is 1160. The predicted octanol–water partition coefficient (Wildman–Crippen LogP) is 3.93. The molecule has 0 N–H and O–H groups in total. The number of nitro groups is 1. The highest BCUT2D eigenvalue weighted by Gasteiger charge is 2.63. The third-order valence-corrected chi connectivity index (χ3v) is 5.27. The van der Waals surface area contributed by atoms with Crippen LogP contribution < -0.4 is 4.74 Å². The highest BCUT2D eigenvalue weighted by atomic mass is 16.7. The molecule has 0 aromatic heterocycles. The normalized spacial score (nSPS) is 22.0. The lowest BCUT2D eigenvalue weighted by Gasteiger charge is -2.26. The van der Waals surface area contributed by atoms with Crippen LogP contribution >= 0.6 is 0 Å². The van der Waals surface area contributed by atoms with Gasteiger partial charge in [0.05, 0.1) is 22.1 Å². The van der Waals surface area contributed by atoms with Crippen LogP contribution in [-0.4, -0.2) is 16.6 Å². The topological polar surface area (TPSA) is 91.0 Å². The maximum atomic E-state index is 13.1. The van der Waals surface area contributed by atoms with Crippen molar-refractivity contribution in [2.24, 2.45) is 5.16 Å². The molecule has 0 unspecified atom stereocenters. The molecule has 2 aliphatic rings. The van der Waals surface area contributed by atoms with E-state index in [9.17, 15) is 14.9 Å². The van der Waals surface area contributed by atoms with Gasteiger partial charge in [0, 0.05) is 17.7 Å². The Hall–Kier alpha value is -4.00. The van der Waals surface area contributed by atoms with Gasteiger partial charge in [-0.3, -0.25) is 10.1 Å². The van der Waals surface area contributed by atoms with Gasteiger partial charge >= 0.3 is 5.97 Å². The number of carbonyl (C=O) groups excluding carboxylic acids is 1. The minimum atomic E-state index is -1.47. The summed E-state index contributed by atoms with van der Waals surface area (Å²) in [6.45, 7) is 0. The Morgan fingerprint density at radius 1 is 0.931 bits per heavy atom. The van der Waals surface area contributed by atoms with Crippen molar-refractivity contribution in [3.63, 3.8) is 0 Å². The SMILES string of the molecule is O=C1Oc2ccccc2[C@]12ON=C(c1ccccc1)[C@@H]2c1ccc([N+](=O)[O-])cc1. The van der Waals surface area contributed by atoms with Gasteiger partial charge in [-0.2, -0.15) is 0 Å². The molecule has 2 heterocycles. The first-order chi connectivity index (χ1) is 14.1. The van der Waals surface area contributed by atoms with Gasteiger partial charge in [0.1, 0.15) is 5.75 Å². The van der Waals surface area contributed by atoms with Crippen molar-refractivity contribution >= 4 is 17.4 Å². The zero-order chi connectivity index (χ0) is 20.0. The van der Waals surface area contributed by atoms with Crippen LogP contribution in [0.25, 0.3) is 0 Å². The summed E-state index contributed by atoms with van der Waals surface area (Å²) in [5.74, 6) is -0.757. The number of ether oxygens (including phenoxy) is 1. The molecule has 29 heavy (non-hydrogen) atoms. The van der Waals surface area contributed by atoms with E-state index in [1.54, 1.807) is 36.4 Å². The van der Waals surface area contributed by atoms with Gasteiger partial charge < -0.3 is 9.57 Å². The smallest absolute Gasteiger partial charge is 0.364 e. The molecule has 5 rings (SSSR count). The number of carbonyl (C=O) groups is 1. The Morgan fingerprint density at radius 2 is 1.62 bits per heavy atom. The fourth-order valence-electron chi connectivity index (χ4n) is 3.94. The van der Waals surface area contributed by atoms with Gasteiger partial charge in [0.25, 0.3) is 11.3 Å². The Labute approximate surface area is 165 Å². The van der Waals surface area contributed by atoms with Crippen molar-refractivity contribution in [2.75, 3.05) is 0 Å². The van der Waals surface area contributed by atoms with Crippen molar-refractivity contribution in [3.05, 3.63) is 106 Å². The van der Waals surface area contributed by atoms with E-state index >= 15 is 0 Å². The number of oxime groups is 1. The number of nitrogens with zero attached hydrogens (tertiary/aromatic N) is 2. The number of para-hydroxylation sites is 1. The lowest BCUT2D eigenvalue weighted by molar-refractivity contribution is -0.384. The molecule has 1 spiro atoms. The van der Waals surface area contributed by atoms with Crippen molar-refractivity contribution < 1.29 is 19.3 Å². The quantitative estimate of drug-likeness (QED) is 0.294. The summed E-state index contributed by atoms with van der Waals surface area (Å²) in [7, 11) is 0. The van der Waals surface area contributed by atoms with E-state index in [1.807, 2.05) is 30.3 Å². The fourth-order valence-corrected chi connectivity index (χ4v) is 3.94. The number of hydrogen-bond donors (Lipinski definition) is 0. The second-order valence-electron chi connectivity index (χ2n) is 6.84. The average molecular weight is 386 g/mol. The molecule has 2 aliphatic heterocycles. The van der Waals surface area contributed by atoms with Gasteiger partial charge in [-0.1, -0.05) is 65.8 Å². The largest absolute Gasteiger partial charge is 0.423 e. The first-order valence-corrected chi connectivity index (χ1v) is 8.99. The Morgan fingerprint density at radius 3 is 2.34 bits per heavy atom. The molecule has 142 valence electrons. The lowest BCUT2D eigenvalue weighted by atomic mass is 9.74. The van der Waals surface area contributed by atoms with E-state index in [4.69, 9.17) is 9.57 Å². The van der Waals surface area contributed by atoms with Gasteiger partial charge in [-0.05, 0) is 11.6 Å². The Balaban J connectivity index is 1.71. The number of fused-ring (bicyclic) bond motifs is 2. The molecular weight excluding hydrogens is 372 g/mol. The van der Waals surface area contributed by atoms with Gasteiger partial charge in [-0.15, -0.1) is 0 Å². The molecule has 0 fully saturated rings. The lowest BCUT2D eigenvalue weighted by Crippen LogP contribution is -2.41. The highest BCUT2D eigenvalue weighted by Crippen LogP contribution is 2.53. The van der Waals surface area contributed by atoms with Crippen molar-refractivity contribution in [1.29, 1.82) is 0 Å². The molecule has 7 nitrogen and oxygen atoms in total. The molecule has 0 aliphatic carbocycles. The highest BCUT2D eigenvalue weighted by molar-refractivity contribution is 6.11. The molecular formula is C22H14N2O5. The maximum Gasteiger partial charge on any atom is 0.364 e.